The molecule has 2 aromatic rings. The molecule has 2 heterocycles. The molecule has 0 N–H and O–H groups in total. The minimum absolute atomic E-state index is 0.0483. The monoisotopic (exact) mass is 421 g/mol. The fraction of sp³-hybridized carbons (Fsp3) is 0.381. The largest absolute Gasteiger partial charge is 0.335 e. The van der Waals surface area contributed by atoms with Crippen molar-refractivity contribution >= 4 is 33.2 Å². The summed E-state index contributed by atoms with van der Waals surface area (Å²) in [6.07, 6.45) is 5.50. The summed E-state index contributed by atoms with van der Waals surface area (Å²) in [7, 11) is -3.05. The van der Waals surface area contributed by atoms with Gasteiger partial charge < -0.3 is 4.90 Å². The first kappa shape index (κ1) is 20.7. The average Bonchev–Trinajstić information content (AvgIpc) is 3.27. The zero-order chi connectivity index (χ0) is 20.1. The van der Waals surface area contributed by atoms with Gasteiger partial charge in [-0.2, -0.15) is 0 Å². The van der Waals surface area contributed by atoms with Crippen molar-refractivity contribution in [3.8, 4) is 10.4 Å². The number of unbranched alkanes of at least 4 members (excludes halogenated alkanes) is 1. The summed E-state index contributed by atoms with van der Waals surface area (Å²) < 4.78 is 37.5. The molecule has 4 nitrogen and oxygen atoms in total. The van der Waals surface area contributed by atoms with E-state index < -0.39 is 9.84 Å². The molecule has 0 spiro atoms. The molecule has 0 aliphatic carbocycles. The van der Waals surface area contributed by atoms with Crippen LogP contribution in [0, 0.1) is 5.82 Å². The number of sulfone groups is 1. The molecule has 0 bridgehead atoms. The molecule has 7 heteroatoms. The van der Waals surface area contributed by atoms with Crippen LogP contribution in [0.3, 0.4) is 0 Å². The molecule has 1 aromatic carbocycles. The van der Waals surface area contributed by atoms with Gasteiger partial charge in [0.2, 0.25) is 5.91 Å². The molecule has 1 saturated heterocycles. The minimum atomic E-state index is -3.05. The highest BCUT2D eigenvalue weighted by atomic mass is 32.2. The van der Waals surface area contributed by atoms with Gasteiger partial charge >= 0.3 is 0 Å². The Bertz CT molecular complexity index is 966. The van der Waals surface area contributed by atoms with Crippen LogP contribution in [0.25, 0.3) is 16.5 Å². The van der Waals surface area contributed by atoms with Gasteiger partial charge in [0.05, 0.1) is 11.5 Å². The number of halogens is 1. The summed E-state index contributed by atoms with van der Waals surface area (Å²) in [5, 5.41) is 0. The van der Waals surface area contributed by atoms with E-state index in [-0.39, 0.29) is 29.3 Å². The van der Waals surface area contributed by atoms with Crippen LogP contribution >= 0.6 is 11.3 Å². The molecule has 1 aliphatic rings. The van der Waals surface area contributed by atoms with Gasteiger partial charge in [-0.05, 0) is 37.1 Å². The van der Waals surface area contributed by atoms with Crippen molar-refractivity contribution in [2.24, 2.45) is 0 Å². The summed E-state index contributed by atoms with van der Waals surface area (Å²) in [5.74, 6) is -0.249. The predicted octanol–water partition coefficient (Wildman–Crippen LogP) is 4.38. The van der Waals surface area contributed by atoms with Crippen molar-refractivity contribution in [1.29, 1.82) is 0 Å². The number of nitrogens with zero attached hydrogens (tertiary/aromatic N) is 1. The topological polar surface area (TPSA) is 54.5 Å². The highest BCUT2D eigenvalue weighted by Gasteiger charge is 2.33. The maximum atomic E-state index is 13.9. The fourth-order valence-electron chi connectivity index (χ4n) is 3.32. The van der Waals surface area contributed by atoms with E-state index in [9.17, 15) is 17.6 Å². The zero-order valence-electron chi connectivity index (χ0n) is 15.8. The maximum Gasteiger partial charge on any atom is 0.246 e. The van der Waals surface area contributed by atoms with Crippen molar-refractivity contribution in [2.45, 2.75) is 32.2 Å². The Kier molecular flexibility index (Phi) is 6.67. The van der Waals surface area contributed by atoms with Crippen LogP contribution in [-0.2, 0) is 14.6 Å². The first-order chi connectivity index (χ1) is 13.4. The van der Waals surface area contributed by atoms with E-state index in [2.05, 4.69) is 0 Å². The van der Waals surface area contributed by atoms with E-state index >= 15 is 0 Å². The summed E-state index contributed by atoms with van der Waals surface area (Å²) in [6, 6.07) is 10.0. The van der Waals surface area contributed by atoms with Crippen molar-refractivity contribution in [3.05, 3.63) is 53.2 Å². The Labute approximate surface area is 169 Å². The van der Waals surface area contributed by atoms with Crippen molar-refractivity contribution in [3.63, 3.8) is 0 Å². The first-order valence-electron chi connectivity index (χ1n) is 9.43. The molecule has 28 heavy (non-hydrogen) atoms. The number of benzene rings is 1. The number of hydrogen-bond donors (Lipinski definition) is 0. The van der Waals surface area contributed by atoms with Gasteiger partial charge in [0.1, 0.15) is 5.82 Å². The molecule has 150 valence electrons. The summed E-state index contributed by atoms with van der Waals surface area (Å²) in [5.41, 5.74) is 0.541. The van der Waals surface area contributed by atoms with Gasteiger partial charge in [-0.15, -0.1) is 11.3 Å². The van der Waals surface area contributed by atoms with Crippen molar-refractivity contribution in [1.82, 2.24) is 4.90 Å². The van der Waals surface area contributed by atoms with Crippen LogP contribution in [0.5, 0.6) is 0 Å². The van der Waals surface area contributed by atoms with Crippen LogP contribution in [0.4, 0.5) is 4.39 Å². The van der Waals surface area contributed by atoms with Crippen molar-refractivity contribution in [2.75, 3.05) is 18.1 Å². The predicted molar refractivity (Wildman–Crippen MR) is 112 cm³/mol. The smallest absolute Gasteiger partial charge is 0.246 e. The number of hydrogen-bond acceptors (Lipinski definition) is 4. The third-order valence-corrected chi connectivity index (χ3v) is 7.68. The number of carbonyl (C=O) groups is 1. The lowest BCUT2D eigenvalue weighted by Crippen LogP contribution is -2.40. The van der Waals surface area contributed by atoms with E-state index in [1.165, 1.54) is 23.5 Å². The molecule has 1 aromatic heterocycles. The molecule has 0 saturated carbocycles. The molecule has 1 amide bonds. The van der Waals surface area contributed by atoms with Crippen molar-refractivity contribution < 1.29 is 17.6 Å². The normalized spacial score (nSPS) is 18.6. The van der Waals surface area contributed by atoms with Crippen LogP contribution in [0.2, 0.25) is 0 Å². The quantitative estimate of drug-likeness (QED) is 0.624. The van der Waals surface area contributed by atoms with Crippen LogP contribution in [-0.4, -0.2) is 43.3 Å². The summed E-state index contributed by atoms with van der Waals surface area (Å²) in [6.45, 7) is 2.60. The second kappa shape index (κ2) is 9.01. The second-order valence-electron chi connectivity index (χ2n) is 6.96. The van der Waals surface area contributed by atoms with E-state index in [4.69, 9.17) is 0 Å². The standard InChI is InChI=1S/C21H24FNO3S2/c1-2-3-13-23(16-12-14-28(25,26)15-16)21(24)11-9-17-8-10-20(27-17)18-6-4-5-7-19(18)22/h4-11,16H,2-3,12-15H2,1H3. The number of rotatable bonds is 7. The fourth-order valence-corrected chi connectivity index (χ4v) is 5.99. The average molecular weight is 422 g/mol. The van der Waals surface area contributed by atoms with E-state index in [1.807, 2.05) is 19.1 Å². The van der Waals surface area contributed by atoms with Crippen LogP contribution < -0.4 is 0 Å². The SMILES string of the molecule is CCCCN(C(=O)C=Cc1ccc(-c2ccccc2F)s1)C1CCS(=O)(=O)C1. The lowest BCUT2D eigenvalue weighted by molar-refractivity contribution is -0.127. The Morgan fingerprint density at radius 2 is 2.07 bits per heavy atom. The third kappa shape index (κ3) is 5.08. The third-order valence-electron chi connectivity index (χ3n) is 4.84. The summed E-state index contributed by atoms with van der Waals surface area (Å²) in [4.78, 5) is 16.1. The van der Waals surface area contributed by atoms with E-state index in [0.29, 0.717) is 18.5 Å². The number of thiophene rings is 1. The lowest BCUT2D eigenvalue weighted by Gasteiger charge is -2.27. The Hall–Kier alpha value is -1.99. The lowest BCUT2D eigenvalue weighted by atomic mass is 10.2. The molecule has 1 atom stereocenters. The highest BCUT2D eigenvalue weighted by molar-refractivity contribution is 7.91. The Balaban J connectivity index is 1.73. The molecule has 3 rings (SSSR count). The van der Waals surface area contributed by atoms with Gasteiger partial charge in [0.15, 0.2) is 9.84 Å². The maximum absolute atomic E-state index is 13.9. The molecular formula is C21H24FNO3S2. The molecule has 1 fully saturated rings. The minimum Gasteiger partial charge on any atom is -0.335 e. The summed E-state index contributed by atoms with van der Waals surface area (Å²) >= 11 is 1.41. The van der Waals surface area contributed by atoms with E-state index in [0.717, 1.165) is 22.6 Å². The molecule has 1 aliphatic heterocycles. The Morgan fingerprint density at radius 1 is 1.29 bits per heavy atom. The first-order valence-corrected chi connectivity index (χ1v) is 12.1. The van der Waals surface area contributed by atoms with Crippen LogP contribution in [0.1, 0.15) is 31.1 Å². The highest BCUT2D eigenvalue weighted by Crippen LogP contribution is 2.30. The van der Waals surface area contributed by atoms with Gasteiger partial charge in [-0.3, -0.25) is 4.79 Å². The van der Waals surface area contributed by atoms with Gasteiger partial charge in [0, 0.05) is 34.0 Å². The van der Waals surface area contributed by atoms with Crippen LogP contribution in [0.15, 0.2) is 42.5 Å². The van der Waals surface area contributed by atoms with Gasteiger partial charge in [-0.25, -0.2) is 12.8 Å². The second-order valence-corrected chi connectivity index (χ2v) is 10.3. The zero-order valence-corrected chi connectivity index (χ0v) is 17.4. The molecule has 0 radical (unpaired) electrons. The molecule has 1 unspecified atom stereocenters. The van der Waals surface area contributed by atoms with Gasteiger partial charge in [0.25, 0.3) is 0 Å². The number of carbonyl (C=O) groups excluding carboxylic acids is 1. The number of amides is 1. The van der Waals surface area contributed by atoms with E-state index in [1.54, 1.807) is 29.2 Å². The molecular weight excluding hydrogens is 397 g/mol. The van der Waals surface area contributed by atoms with Gasteiger partial charge in [-0.1, -0.05) is 31.5 Å². The Morgan fingerprint density at radius 3 is 2.75 bits per heavy atom.